The fourth-order valence-electron chi connectivity index (χ4n) is 3.00. The summed E-state index contributed by atoms with van der Waals surface area (Å²) < 4.78 is 0. The first-order valence-corrected chi connectivity index (χ1v) is 8.89. The number of hydrogen-bond donors (Lipinski definition) is 0. The van der Waals surface area contributed by atoms with Crippen LogP contribution in [0.2, 0.25) is 0 Å². The largest absolute Gasteiger partial charge is 0.336 e. The fraction of sp³-hybridized carbons (Fsp3) is 0.812. The lowest BCUT2D eigenvalue weighted by atomic mass is 9.92. The third-order valence-electron chi connectivity index (χ3n) is 4.46. The van der Waals surface area contributed by atoms with Crippen LogP contribution in [0.1, 0.15) is 55.8 Å². The van der Waals surface area contributed by atoms with E-state index in [2.05, 4.69) is 49.7 Å². The standard InChI is InChI=1S/C16H28N4OS/c1-7-20-9-8-12(11(2)10-20)19(6)14(21)13-17-18-15(22-13)16(3,4)5/h11-12H,7-10H2,1-6H3/t11-,12+/m0/s1. The van der Waals surface area contributed by atoms with Crippen molar-refractivity contribution >= 4 is 17.2 Å². The molecular formula is C16H28N4OS. The SMILES string of the molecule is CCN1CC[C@@H](N(C)C(=O)c2nnc(C(C)(C)C)s2)[C@@H](C)C1. The highest BCUT2D eigenvalue weighted by molar-refractivity contribution is 7.13. The van der Waals surface area contributed by atoms with Gasteiger partial charge >= 0.3 is 0 Å². The lowest BCUT2D eigenvalue weighted by Gasteiger charge is -2.40. The zero-order valence-electron chi connectivity index (χ0n) is 14.6. The van der Waals surface area contributed by atoms with Crippen molar-refractivity contribution in [3.05, 3.63) is 10.0 Å². The highest BCUT2D eigenvalue weighted by atomic mass is 32.1. The van der Waals surface area contributed by atoms with Gasteiger partial charge in [0.05, 0.1) is 0 Å². The molecule has 1 aromatic rings. The number of rotatable bonds is 3. The number of piperidine rings is 1. The summed E-state index contributed by atoms with van der Waals surface area (Å²) >= 11 is 1.42. The molecule has 1 aliphatic heterocycles. The van der Waals surface area contributed by atoms with Crippen LogP contribution in [0.4, 0.5) is 0 Å². The van der Waals surface area contributed by atoms with Crippen LogP contribution in [0, 0.1) is 5.92 Å². The number of carbonyl (C=O) groups excluding carboxylic acids is 1. The maximum Gasteiger partial charge on any atom is 0.284 e. The molecule has 0 bridgehead atoms. The van der Waals surface area contributed by atoms with E-state index in [1.54, 1.807) is 0 Å². The van der Waals surface area contributed by atoms with Crippen molar-refractivity contribution in [1.82, 2.24) is 20.0 Å². The summed E-state index contributed by atoms with van der Waals surface area (Å²) in [6.45, 7) is 13.9. The molecule has 6 heteroatoms. The molecule has 0 saturated carbocycles. The van der Waals surface area contributed by atoms with E-state index in [0.717, 1.165) is 31.1 Å². The van der Waals surface area contributed by atoms with Crippen molar-refractivity contribution in [2.24, 2.45) is 5.92 Å². The molecule has 0 aromatic carbocycles. The van der Waals surface area contributed by atoms with Gasteiger partial charge in [0.15, 0.2) is 0 Å². The Kier molecular flexibility index (Phi) is 5.22. The Balaban J connectivity index is 2.07. The molecule has 1 saturated heterocycles. The molecule has 1 aromatic heterocycles. The summed E-state index contributed by atoms with van der Waals surface area (Å²) in [4.78, 5) is 17.0. The van der Waals surface area contributed by atoms with E-state index >= 15 is 0 Å². The van der Waals surface area contributed by atoms with E-state index in [9.17, 15) is 4.79 Å². The fourth-order valence-corrected chi connectivity index (χ4v) is 3.88. The van der Waals surface area contributed by atoms with Gasteiger partial charge in [0.25, 0.3) is 5.91 Å². The van der Waals surface area contributed by atoms with Crippen LogP contribution in [-0.2, 0) is 5.41 Å². The smallest absolute Gasteiger partial charge is 0.284 e. The van der Waals surface area contributed by atoms with E-state index in [0.29, 0.717) is 10.9 Å². The molecule has 5 nitrogen and oxygen atoms in total. The van der Waals surface area contributed by atoms with Crippen LogP contribution in [-0.4, -0.2) is 58.6 Å². The summed E-state index contributed by atoms with van der Waals surface area (Å²) in [5.41, 5.74) is -0.0610. The average Bonchev–Trinajstić information content (AvgIpc) is 2.95. The Morgan fingerprint density at radius 1 is 1.41 bits per heavy atom. The Morgan fingerprint density at radius 3 is 2.59 bits per heavy atom. The summed E-state index contributed by atoms with van der Waals surface area (Å²) in [5, 5.41) is 9.74. The second-order valence-electron chi connectivity index (χ2n) is 7.30. The predicted molar refractivity (Wildman–Crippen MR) is 90.4 cm³/mol. The van der Waals surface area contributed by atoms with Crippen LogP contribution < -0.4 is 0 Å². The van der Waals surface area contributed by atoms with Gasteiger partial charge in [0.1, 0.15) is 5.01 Å². The third kappa shape index (κ3) is 3.66. The molecule has 0 radical (unpaired) electrons. The third-order valence-corrected chi connectivity index (χ3v) is 5.80. The molecule has 1 fully saturated rings. The van der Waals surface area contributed by atoms with Gasteiger partial charge in [-0.15, -0.1) is 10.2 Å². The summed E-state index contributed by atoms with van der Waals surface area (Å²) in [7, 11) is 1.91. The van der Waals surface area contributed by atoms with Gasteiger partial charge in [-0.05, 0) is 18.9 Å². The van der Waals surface area contributed by atoms with Crippen LogP contribution in [0.15, 0.2) is 0 Å². The molecule has 1 amide bonds. The Bertz CT molecular complexity index is 522. The predicted octanol–water partition coefficient (Wildman–Crippen LogP) is 2.64. The molecule has 2 atom stereocenters. The second-order valence-corrected chi connectivity index (χ2v) is 8.28. The van der Waals surface area contributed by atoms with Crippen molar-refractivity contribution in [2.45, 2.75) is 52.5 Å². The van der Waals surface area contributed by atoms with E-state index in [1.807, 2.05) is 11.9 Å². The average molecular weight is 324 g/mol. The van der Waals surface area contributed by atoms with E-state index < -0.39 is 0 Å². The van der Waals surface area contributed by atoms with Crippen LogP contribution in [0.5, 0.6) is 0 Å². The quantitative estimate of drug-likeness (QED) is 0.857. The number of likely N-dealkylation sites (tertiary alicyclic amines) is 1. The summed E-state index contributed by atoms with van der Waals surface area (Å²) in [6, 6.07) is 0.289. The first-order chi connectivity index (χ1) is 10.2. The molecule has 22 heavy (non-hydrogen) atoms. The number of carbonyl (C=O) groups is 1. The molecule has 0 aliphatic carbocycles. The summed E-state index contributed by atoms with van der Waals surface area (Å²) in [5.74, 6) is 0.493. The second kappa shape index (κ2) is 6.62. The molecule has 1 aliphatic rings. The monoisotopic (exact) mass is 324 g/mol. The Hall–Kier alpha value is -1.01. The van der Waals surface area contributed by atoms with Gasteiger partial charge in [0.2, 0.25) is 5.01 Å². The minimum absolute atomic E-state index is 0.00907. The van der Waals surface area contributed by atoms with Crippen LogP contribution >= 0.6 is 11.3 Å². The van der Waals surface area contributed by atoms with Crippen molar-refractivity contribution in [2.75, 3.05) is 26.7 Å². The minimum atomic E-state index is -0.0610. The normalized spacial score (nSPS) is 23.5. The van der Waals surface area contributed by atoms with E-state index in [4.69, 9.17) is 0 Å². The number of aromatic nitrogens is 2. The Labute approximate surface area is 137 Å². The zero-order chi connectivity index (χ0) is 16.5. The van der Waals surface area contributed by atoms with E-state index in [1.165, 1.54) is 11.3 Å². The maximum atomic E-state index is 12.7. The lowest BCUT2D eigenvalue weighted by Crippen LogP contribution is -2.50. The van der Waals surface area contributed by atoms with Gasteiger partial charge in [-0.25, -0.2) is 0 Å². The molecule has 2 rings (SSSR count). The zero-order valence-corrected chi connectivity index (χ0v) is 15.4. The van der Waals surface area contributed by atoms with Gasteiger partial charge in [-0.1, -0.05) is 46.0 Å². The molecule has 0 N–H and O–H groups in total. The molecule has 2 heterocycles. The molecule has 0 spiro atoms. The minimum Gasteiger partial charge on any atom is -0.336 e. The van der Waals surface area contributed by atoms with E-state index in [-0.39, 0.29) is 17.4 Å². The Morgan fingerprint density at radius 2 is 2.09 bits per heavy atom. The van der Waals surface area contributed by atoms with Crippen molar-refractivity contribution < 1.29 is 4.79 Å². The van der Waals surface area contributed by atoms with Gasteiger partial charge in [-0.3, -0.25) is 4.79 Å². The van der Waals surface area contributed by atoms with Gasteiger partial charge in [-0.2, -0.15) is 0 Å². The molecular weight excluding hydrogens is 296 g/mol. The maximum absolute atomic E-state index is 12.7. The highest BCUT2D eigenvalue weighted by Crippen LogP contribution is 2.27. The topological polar surface area (TPSA) is 49.3 Å². The summed E-state index contributed by atoms with van der Waals surface area (Å²) in [6.07, 6.45) is 1.03. The van der Waals surface area contributed by atoms with Gasteiger partial charge in [0, 0.05) is 31.6 Å². The van der Waals surface area contributed by atoms with Crippen molar-refractivity contribution in [1.29, 1.82) is 0 Å². The highest BCUT2D eigenvalue weighted by Gasteiger charge is 2.32. The van der Waals surface area contributed by atoms with Crippen LogP contribution in [0.3, 0.4) is 0 Å². The van der Waals surface area contributed by atoms with Crippen molar-refractivity contribution in [3.8, 4) is 0 Å². The van der Waals surface area contributed by atoms with Crippen molar-refractivity contribution in [3.63, 3.8) is 0 Å². The number of amides is 1. The molecule has 124 valence electrons. The first-order valence-electron chi connectivity index (χ1n) is 8.07. The first kappa shape index (κ1) is 17.3. The number of nitrogens with zero attached hydrogens (tertiary/aromatic N) is 4. The number of hydrogen-bond acceptors (Lipinski definition) is 5. The molecule has 0 unspecified atom stereocenters. The van der Waals surface area contributed by atoms with Gasteiger partial charge < -0.3 is 9.80 Å². The lowest BCUT2D eigenvalue weighted by molar-refractivity contribution is 0.0519. The van der Waals surface area contributed by atoms with Crippen LogP contribution in [0.25, 0.3) is 0 Å².